The molecule has 2 aliphatic heterocycles. The van der Waals surface area contributed by atoms with Gasteiger partial charge in [-0.2, -0.15) is 0 Å². The summed E-state index contributed by atoms with van der Waals surface area (Å²) in [4.78, 5) is 43.3. The Hall–Kier alpha value is -2.89. The molecule has 3 fully saturated rings. The third kappa shape index (κ3) is 8.05. The number of hydrogen-bond acceptors (Lipinski definition) is 5. The van der Waals surface area contributed by atoms with Crippen LogP contribution in [0, 0.1) is 24.2 Å². The molecule has 8 nitrogen and oxygen atoms in total. The highest BCUT2D eigenvalue weighted by Crippen LogP contribution is 2.39. The van der Waals surface area contributed by atoms with Crippen LogP contribution in [0.25, 0.3) is 0 Å². The molecule has 0 aromatic heterocycles. The fourth-order valence-electron chi connectivity index (χ4n) is 5.88. The Morgan fingerprint density at radius 3 is 2.43 bits per heavy atom. The number of likely N-dealkylation sites (tertiary alicyclic amines) is 1. The van der Waals surface area contributed by atoms with E-state index in [4.69, 9.17) is 11.5 Å². The Morgan fingerprint density at radius 1 is 1.08 bits per heavy atom. The maximum Gasteiger partial charge on any atom is 0.306 e. The lowest BCUT2D eigenvalue weighted by atomic mass is 9.72. The summed E-state index contributed by atoms with van der Waals surface area (Å²) in [7, 11) is 0. The van der Waals surface area contributed by atoms with Gasteiger partial charge in [0.05, 0.1) is 13.0 Å². The van der Waals surface area contributed by atoms with E-state index in [9.17, 15) is 14.4 Å². The van der Waals surface area contributed by atoms with Crippen LogP contribution >= 0.6 is 0 Å². The number of carbonyl (C=O) groups is 3. The Morgan fingerprint density at radius 2 is 1.78 bits per heavy atom. The van der Waals surface area contributed by atoms with Gasteiger partial charge in [-0.1, -0.05) is 50.1 Å². The normalized spacial score (nSPS) is 25.2. The van der Waals surface area contributed by atoms with E-state index >= 15 is 0 Å². The number of piperazine rings is 1. The number of carboxylic acids is 1. The molecule has 202 valence electrons. The van der Waals surface area contributed by atoms with Crippen LogP contribution in [-0.4, -0.2) is 88.9 Å². The van der Waals surface area contributed by atoms with Crippen LogP contribution in [-0.2, 0) is 20.9 Å². The summed E-state index contributed by atoms with van der Waals surface area (Å²) in [6, 6.07) is 10.1. The van der Waals surface area contributed by atoms with Crippen molar-refractivity contribution in [1.82, 2.24) is 20.0 Å². The molecule has 2 saturated heterocycles. The number of fused-ring (bicyclic) bond motifs is 1. The zero-order chi connectivity index (χ0) is 26.8. The quantitative estimate of drug-likeness (QED) is 0.522. The molecule has 4 atom stereocenters. The number of rotatable bonds is 8. The van der Waals surface area contributed by atoms with Crippen molar-refractivity contribution < 1.29 is 19.5 Å². The smallest absolute Gasteiger partial charge is 0.306 e. The number of benzene rings is 1. The van der Waals surface area contributed by atoms with Crippen molar-refractivity contribution in [1.29, 1.82) is 0 Å². The summed E-state index contributed by atoms with van der Waals surface area (Å²) in [6.45, 7) is 9.59. The van der Waals surface area contributed by atoms with Crippen LogP contribution < -0.4 is 5.32 Å². The molecule has 1 aromatic carbocycles. The van der Waals surface area contributed by atoms with Crippen LogP contribution in [0.2, 0.25) is 0 Å². The molecule has 1 aromatic rings. The molecule has 2 amide bonds. The Labute approximate surface area is 221 Å². The number of nitrogens with zero attached hydrogens (tertiary/aromatic N) is 3. The van der Waals surface area contributed by atoms with Crippen LogP contribution in [0.3, 0.4) is 0 Å². The lowest BCUT2D eigenvalue weighted by Gasteiger charge is -2.47. The summed E-state index contributed by atoms with van der Waals surface area (Å²) in [5, 5.41) is 11.5. The molecule has 3 unspecified atom stereocenters. The van der Waals surface area contributed by atoms with E-state index in [0.29, 0.717) is 18.5 Å². The third-order valence-corrected chi connectivity index (χ3v) is 7.79. The topological polar surface area (TPSA) is 93.2 Å². The maximum atomic E-state index is 13.3. The van der Waals surface area contributed by atoms with Crippen molar-refractivity contribution >= 4 is 17.8 Å². The highest BCUT2D eigenvalue weighted by atomic mass is 16.4. The monoisotopic (exact) mass is 510 g/mol. The molecule has 2 heterocycles. The summed E-state index contributed by atoms with van der Waals surface area (Å²) in [5.41, 5.74) is 1.34. The average molecular weight is 511 g/mol. The zero-order valence-corrected chi connectivity index (χ0v) is 22.3. The van der Waals surface area contributed by atoms with Crippen molar-refractivity contribution in [3.8, 4) is 12.3 Å². The van der Waals surface area contributed by atoms with Gasteiger partial charge in [-0.05, 0) is 37.2 Å². The third-order valence-electron chi connectivity index (χ3n) is 7.79. The summed E-state index contributed by atoms with van der Waals surface area (Å²) >= 11 is 0. The van der Waals surface area contributed by atoms with Crippen LogP contribution in [0.5, 0.6) is 0 Å². The predicted octanol–water partition coefficient (Wildman–Crippen LogP) is 2.44. The fraction of sp³-hybridized carbons (Fsp3) is 0.621. The summed E-state index contributed by atoms with van der Waals surface area (Å²) in [5.74, 6) is 1.23. The van der Waals surface area contributed by atoms with E-state index in [-0.39, 0.29) is 24.8 Å². The molecule has 0 bridgehead atoms. The molecule has 0 spiro atoms. The number of carboxylic acid groups (broad SMARTS) is 1. The molecule has 1 aliphatic carbocycles. The van der Waals surface area contributed by atoms with Crippen LogP contribution in [0.4, 0.5) is 0 Å². The molecule has 3 aliphatic rings. The Bertz CT molecular complexity index is 939. The van der Waals surface area contributed by atoms with E-state index in [1.807, 2.05) is 19.9 Å². The summed E-state index contributed by atoms with van der Waals surface area (Å²) in [6.07, 6.45) is 8.96. The van der Waals surface area contributed by atoms with Gasteiger partial charge in [0.1, 0.15) is 6.04 Å². The highest BCUT2D eigenvalue weighted by molar-refractivity contribution is 5.87. The SMILES string of the molecule is C#C[C@H](CC(=O)O)NC(=O)CN1CCC2CCC(N3CCN(Cc4ccccc4)CC3)CC2C1=O.CC. The minimum Gasteiger partial charge on any atom is -0.481 e. The lowest BCUT2D eigenvalue weighted by molar-refractivity contribution is -0.147. The van der Waals surface area contributed by atoms with Crippen molar-refractivity contribution in [3.05, 3.63) is 35.9 Å². The minimum absolute atomic E-state index is 0.0416. The van der Waals surface area contributed by atoms with Crippen LogP contribution in [0.1, 0.15) is 51.5 Å². The van der Waals surface area contributed by atoms with Crippen molar-refractivity contribution in [3.63, 3.8) is 0 Å². The van der Waals surface area contributed by atoms with Crippen molar-refractivity contribution in [2.45, 2.75) is 64.6 Å². The van der Waals surface area contributed by atoms with Crippen LogP contribution in [0.15, 0.2) is 30.3 Å². The largest absolute Gasteiger partial charge is 0.481 e. The highest BCUT2D eigenvalue weighted by Gasteiger charge is 2.42. The van der Waals surface area contributed by atoms with Gasteiger partial charge < -0.3 is 15.3 Å². The van der Waals surface area contributed by atoms with Gasteiger partial charge in [0, 0.05) is 51.2 Å². The van der Waals surface area contributed by atoms with E-state index in [2.05, 4.69) is 45.3 Å². The minimum atomic E-state index is -1.07. The number of aliphatic carboxylic acids is 1. The van der Waals surface area contributed by atoms with E-state index in [1.165, 1.54) is 5.56 Å². The molecule has 2 N–H and O–H groups in total. The molecule has 8 heteroatoms. The van der Waals surface area contributed by atoms with E-state index < -0.39 is 17.9 Å². The number of terminal acetylenes is 1. The van der Waals surface area contributed by atoms with Gasteiger partial charge in [-0.25, -0.2) is 0 Å². The van der Waals surface area contributed by atoms with Gasteiger partial charge in [0.2, 0.25) is 11.8 Å². The lowest BCUT2D eigenvalue weighted by Crippen LogP contribution is -2.56. The Balaban J connectivity index is 0.00000186. The van der Waals surface area contributed by atoms with Gasteiger partial charge in [-0.15, -0.1) is 6.42 Å². The zero-order valence-electron chi connectivity index (χ0n) is 22.3. The molecular weight excluding hydrogens is 468 g/mol. The van der Waals surface area contributed by atoms with E-state index in [1.54, 1.807) is 4.90 Å². The number of hydrogen-bond donors (Lipinski definition) is 2. The first-order valence-electron chi connectivity index (χ1n) is 13.7. The molecule has 37 heavy (non-hydrogen) atoms. The number of carbonyl (C=O) groups excluding carboxylic acids is 2. The number of amides is 2. The second kappa shape index (κ2) is 14.2. The van der Waals surface area contributed by atoms with Gasteiger partial charge in [0.25, 0.3) is 0 Å². The first-order chi connectivity index (χ1) is 17.9. The van der Waals surface area contributed by atoms with Gasteiger partial charge >= 0.3 is 5.97 Å². The van der Waals surface area contributed by atoms with Crippen molar-refractivity contribution in [2.24, 2.45) is 11.8 Å². The van der Waals surface area contributed by atoms with Gasteiger partial charge in [0.15, 0.2) is 0 Å². The predicted molar refractivity (Wildman–Crippen MR) is 143 cm³/mol. The molecule has 0 radical (unpaired) electrons. The first-order valence-corrected chi connectivity index (χ1v) is 13.7. The second-order valence-electron chi connectivity index (χ2n) is 10.1. The standard InChI is InChI=1S/C27H36N4O4.C2H6/c1-2-22(16-26(33)34)28-25(32)19-31-11-10-21-8-9-23(17-24(21)27(31)35)30-14-12-29(13-15-30)18-20-6-4-3-5-7-20;1-2/h1,3-7,21-24H,8-19H2,(H,28,32)(H,33,34);1-2H3/t21?,22-,23?,24?;/m1./s1. The first kappa shape index (κ1) is 28.7. The maximum absolute atomic E-state index is 13.3. The Kier molecular flexibility index (Phi) is 11.0. The molecular formula is C29H42N4O4. The number of piperidine rings is 1. The fourth-order valence-corrected chi connectivity index (χ4v) is 5.88. The van der Waals surface area contributed by atoms with E-state index in [0.717, 1.165) is 58.4 Å². The molecule has 4 rings (SSSR count). The average Bonchev–Trinajstić information content (AvgIpc) is 2.92. The van der Waals surface area contributed by atoms with Crippen molar-refractivity contribution in [2.75, 3.05) is 39.3 Å². The number of nitrogens with one attached hydrogen (secondary N) is 1. The van der Waals surface area contributed by atoms with Gasteiger partial charge in [-0.3, -0.25) is 24.2 Å². The summed E-state index contributed by atoms with van der Waals surface area (Å²) < 4.78 is 0. The molecule has 1 saturated carbocycles. The second-order valence-corrected chi connectivity index (χ2v) is 10.1.